The van der Waals surface area contributed by atoms with Crippen molar-refractivity contribution in [1.29, 1.82) is 0 Å². The van der Waals surface area contributed by atoms with Gasteiger partial charge in [0.25, 0.3) is 0 Å². The van der Waals surface area contributed by atoms with Gasteiger partial charge in [0, 0.05) is 32.7 Å². The highest BCUT2D eigenvalue weighted by Crippen LogP contribution is 2.48. The normalized spacial score (nSPS) is 11.8. The zero-order valence-corrected chi connectivity index (χ0v) is 28.1. The van der Waals surface area contributed by atoms with E-state index in [4.69, 9.17) is 8.83 Å². The summed E-state index contributed by atoms with van der Waals surface area (Å²) in [4.78, 5) is 0. The van der Waals surface area contributed by atoms with Gasteiger partial charge >= 0.3 is 0 Å². The predicted molar refractivity (Wildman–Crippen MR) is 218 cm³/mol. The second kappa shape index (κ2) is 11.3. The Labute approximate surface area is 299 Å². The van der Waals surface area contributed by atoms with Crippen molar-refractivity contribution in [2.75, 3.05) is 0 Å². The first-order valence-corrected chi connectivity index (χ1v) is 17.8. The molecule has 11 aromatic rings. The van der Waals surface area contributed by atoms with Crippen LogP contribution < -0.4 is 0 Å². The van der Waals surface area contributed by atoms with Gasteiger partial charge in [-0.25, -0.2) is 0 Å². The third-order valence-corrected chi connectivity index (χ3v) is 10.7. The van der Waals surface area contributed by atoms with Gasteiger partial charge < -0.3 is 8.83 Å². The van der Waals surface area contributed by atoms with Gasteiger partial charge in [0.2, 0.25) is 0 Å². The number of benzene rings is 9. The minimum absolute atomic E-state index is 0.886. The third kappa shape index (κ3) is 4.31. The molecule has 0 fully saturated rings. The first kappa shape index (κ1) is 28.9. The van der Waals surface area contributed by atoms with E-state index in [-0.39, 0.29) is 0 Å². The van der Waals surface area contributed by atoms with Gasteiger partial charge in [-0.05, 0) is 85.3 Å². The summed E-state index contributed by atoms with van der Waals surface area (Å²) in [6.45, 7) is 0. The summed E-state index contributed by atoms with van der Waals surface area (Å²) in [6.07, 6.45) is 0. The Balaban J connectivity index is 1.11. The second-order valence-electron chi connectivity index (χ2n) is 13.6. The molecule has 0 aliphatic rings. The van der Waals surface area contributed by atoms with Crippen molar-refractivity contribution in [3.63, 3.8) is 0 Å². The van der Waals surface area contributed by atoms with E-state index in [9.17, 15) is 0 Å². The summed E-state index contributed by atoms with van der Waals surface area (Å²) >= 11 is 0. The topological polar surface area (TPSA) is 26.3 Å². The van der Waals surface area contributed by atoms with Crippen LogP contribution in [0.5, 0.6) is 0 Å². The Morgan fingerprint density at radius 3 is 1.46 bits per heavy atom. The molecule has 0 bridgehead atoms. The smallest absolute Gasteiger partial charge is 0.143 e. The molecule has 0 radical (unpaired) electrons. The van der Waals surface area contributed by atoms with Gasteiger partial charge in [0.05, 0.1) is 0 Å². The Bertz CT molecular complexity index is 3100. The maximum absolute atomic E-state index is 6.86. The highest BCUT2D eigenvalue weighted by molar-refractivity contribution is 6.25. The molecule has 0 saturated carbocycles. The average Bonchev–Trinajstić information content (AvgIpc) is 3.79. The maximum Gasteiger partial charge on any atom is 0.143 e. The van der Waals surface area contributed by atoms with E-state index in [1.54, 1.807) is 0 Å². The molecule has 242 valence electrons. The van der Waals surface area contributed by atoms with Crippen molar-refractivity contribution in [3.05, 3.63) is 182 Å². The van der Waals surface area contributed by atoms with Gasteiger partial charge in [-0.3, -0.25) is 0 Å². The average molecular weight is 663 g/mol. The minimum atomic E-state index is 0.886. The number of rotatable bonds is 4. The van der Waals surface area contributed by atoms with Crippen molar-refractivity contribution in [2.45, 2.75) is 0 Å². The third-order valence-electron chi connectivity index (χ3n) is 10.7. The Morgan fingerprint density at radius 1 is 0.269 bits per heavy atom. The quantitative estimate of drug-likeness (QED) is 0.175. The number of para-hydroxylation sites is 2. The van der Waals surface area contributed by atoms with Crippen LogP contribution in [0.3, 0.4) is 0 Å². The first-order chi connectivity index (χ1) is 25.8. The van der Waals surface area contributed by atoms with Crippen molar-refractivity contribution in [3.8, 4) is 44.5 Å². The molecule has 0 aliphatic heterocycles. The number of hydrogen-bond donors (Lipinski definition) is 0. The van der Waals surface area contributed by atoms with Gasteiger partial charge in [-0.15, -0.1) is 0 Å². The van der Waals surface area contributed by atoms with Gasteiger partial charge in [0.15, 0.2) is 0 Å². The van der Waals surface area contributed by atoms with Crippen LogP contribution >= 0.6 is 0 Å². The summed E-state index contributed by atoms with van der Waals surface area (Å²) in [5.41, 5.74) is 12.9. The molecule has 0 saturated heterocycles. The Hall–Kier alpha value is -6.90. The lowest BCUT2D eigenvalue weighted by molar-refractivity contribution is 0.669. The van der Waals surface area contributed by atoms with Crippen LogP contribution in [0, 0.1) is 0 Å². The predicted octanol–water partition coefficient (Wildman–Crippen LogP) is 14.5. The summed E-state index contributed by atoms with van der Waals surface area (Å²) < 4.78 is 13.1. The lowest BCUT2D eigenvalue weighted by Gasteiger charge is -2.18. The largest absolute Gasteiger partial charge is 0.456 e. The fraction of sp³-hybridized carbons (Fsp3) is 0. The molecule has 11 rings (SSSR count). The van der Waals surface area contributed by atoms with Gasteiger partial charge in [-0.1, -0.05) is 152 Å². The van der Waals surface area contributed by atoms with Crippen molar-refractivity contribution < 1.29 is 8.83 Å². The van der Waals surface area contributed by atoms with Crippen molar-refractivity contribution >= 4 is 65.4 Å². The molecule has 9 aromatic carbocycles. The Morgan fingerprint density at radius 2 is 0.769 bits per heavy atom. The summed E-state index contributed by atoms with van der Waals surface area (Å²) in [6, 6.07) is 64.9. The first-order valence-electron chi connectivity index (χ1n) is 17.8. The lowest BCUT2D eigenvalue weighted by atomic mass is 9.85. The summed E-state index contributed by atoms with van der Waals surface area (Å²) in [5, 5.41) is 9.40. The van der Waals surface area contributed by atoms with Gasteiger partial charge in [0.1, 0.15) is 22.3 Å². The molecule has 2 nitrogen and oxygen atoms in total. The number of hydrogen-bond acceptors (Lipinski definition) is 2. The van der Waals surface area contributed by atoms with Crippen LogP contribution in [0.2, 0.25) is 0 Å². The van der Waals surface area contributed by atoms with E-state index in [2.05, 4.69) is 170 Å². The molecular weight excluding hydrogens is 633 g/mol. The fourth-order valence-corrected chi connectivity index (χ4v) is 8.35. The molecule has 0 N–H and O–H groups in total. The van der Waals surface area contributed by atoms with E-state index in [0.717, 1.165) is 71.7 Å². The molecule has 0 spiro atoms. The summed E-state index contributed by atoms with van der Waals surface area (Å²) in [5.74, 6) is 0. The molecule has 0 atom stereocenters. The zero-order valence-electron chi connectivity index (χ0n) is 28.1. The van der Waals surface area contributed by atoms with Crippen molar-refractivity contribution in [2.24, 2.45) is 0 Å². The van der Waals surface area contributed by atoms with Crippen LogP contribution in [-0.4, -0.2) is 0 Å². The van der Waals surface area contributed by atoms with E-state index in [1.165, 1.54) is 38.2 Å². The zero-order chi connectivity index (χ0) is 34.2. The Kier molecular flexibility index (Phi) is 6.28. The van der Waals surface area contributed by atoms with E-state index < -0.39 is 0 Å². The van der Waals surface area contributed by atoms with Crippen LogP contribution in [-0.2, 0) is 0 Å². The minimum Gasteiger partial charge on any atom is -0.456 e. The van der Waals surface area contributed by atoms with Crippen molar-refractivity contribution in [1.82, 2.24) is 0 Å². The highest BCUT2D eigenvalue weighted by atomic mass is 16.3. The number of fused-ring (bicyclic) bond motifs is 8. The monoisotopic (exact) mass is 662 g/mol. The van der Waals surface area contributed by atoms with E-state index in [1.807, 2.05) is 12.1 Å². The number of furan rings is 2. The molecule has 0 unspecified atom stereocenters. The van der Waals surface area contributed by atoms with Crippen LogP contribution in [0.1, 0.15) is 0 Å². The van der Waals surface area contributed by atoms with Crippen LogP contribution in [0.4, 0.5) is 0 Å². The van der Waals surface area contributed by atoms with Crippen LogP contribution in [0.25, 0.3) is 110 Å². The SMILES string of the molecule is c1ccc(-c2c3ccccc3c(-c3ccc(-c4ccc(-c5ccc6c(c5)oc5ccccc56)cc4)c4c3oc3ccccc34)c3ccccc23)cc1. The van der Waals surface area contributed by atoms with E-state index in [0.29, 0.717) is 0 Å². The summed E-state index contributed by atoms with van der Waals surface area (Å²) in [7, 11) is 0. The molecule has 2 aromatic heterocycles. The molecule has 2 heteroatoms. The molecule has 0 aliphatic carbocycles. The van der Waals surface area contributed by atoms with E-state index >= 15 is 0 Å². The molecule has 52 heavy (non-hydrogen) atoms. The standard InChI is InChI=1S/C50H30O2/c1-2-12-33(13-3-1)47-38-15-4-6-17-40(38)48(41-18-7-5-16-39(41)47)43-29-28-35(49-42-19-9-11-21-45(42)52-50(43)49)32-24-22-31(23-25-32)34-26-27-37-36-14-8-10-20-44(36)51-46(37)30-34/h1-30H. The molecule has 0 amide bonds. The van der Waals surface area contributed by atoms with Gasteiger partial charge in [-0.2, -0.15) is 0 Å². The highest BCUT2D eigenvalue weighted by Gasteiger charge is 2.22. The lowest BCUT2D eigenvalue weighted by Crippen LogP contribution is -1.91. The molecule has 2 heterocycles. The second-order valence-corrected chi connectivity index (χ2v) is 13.6. The fourth-order valence-electron chi connectivity index (χ4n) is 8.35. The van der Waals surface area contributed by atoms with Crippen LogP contribution in [0.15, 0.2) is 191 Å². The molecular formula is C50H30O2. The maximum atomic E-state index is 6.86.